The maximum Gasteiger partial charge on any atom is 0.146 e. The summed E-state index contributed by atoms with van der Waals surface area (Å²) < 4.78 is 0. The van der Waals surface area contributed by atoms with Crippen LogP contribution in [0.5, 0.6) is 0 Å². The Morgan fingerprint density at radius 2 is 0.426 bits per heavy atom. The van der Waals surface area contributed by atoms with E-state index in [1.54, 1.807) is 0 Å². The zero-order valence-electron chi connectivity index (χ0n) is 61.1. The monoisotopic (exact) mass is 1300 g/mol. The first kappa shape index (κ1) is 68.2. The molecule has 8 heteroatoms. The van der Waals surface area contributed by atoms with Gasteiger partial charge in [-0.1, -0.05) is 251 Å². The van der Waals surface area contributed by atoms with Crippen molar-refractivity contribution in [2.45, 2.75) is 233 Å². The Hall–Kier alpha value is -7.15. The molecule has 0 atom stereocenters. The zero-order valence-corrected chi connectivity index (χ0v) is 65.1. The Morgan fingerprint density at radius 3 is 0.638 bits per heavy atom. The minimum atomic E-state index is -2.24. The summed E-state index contributed by atoms with van der Waals surface area (Å²) in [7, 11) is -8.89. The maximum atomic E-state index is 5.95. The number of hydrogen-bond donors (Lipinski definition) is 0. The summed E-state index contributed by atoms with van der Waals surface area (Å²) in [5.74, 6) is 16.1. The Labute approximate surface area is 567 Å². The van der Waals surface area contributed by atoms with E-state index in [0.717, 1.165) is 109 Å². The van der Waals surface area contributed by atoms with Crippen molar-refractivity contribution in [3.05, 3.63) is 131 Å². The molecule has 9 aromatic carbocycles. The Balaban J connectivity index is 1.28. The first-order valence-corrected chi connectivity index (χ1v) is 44.5. The smallest absolute Gasteiger partial charge is 0.146 e. The molecule has 0 spiro atoms. The molecule has 4 nitrogen and oxygen atoms in total. The van der Waals surface area contributed by atoms with Crippen molar-refractivity contribution in [3.8, 4) is 45.9 Å². The first-order chi connectivity index (χ1) is 44.5. The SMILES string of the molecule is CC(C)[Si](C#Cc1c2cc3ccccc3cc2c(C#C[Si](C(C)C)(C(C)C)C(C)C)c2nc3c(ccc4cc5c(ccc6nc7c(C#C[Si](C(C)C)(C(C)C)C(C)C)c8cc9ccccc9cc8c(C#C[Si](C(C)C)(C(C)C)C(C)C)c7nc65)cc43)nc12)(C(C)C)C(C)C. The lowest BCUT2D eigenvalue weighted by Crippen LogP contribution is -2.43. The zero-order chi connectivity index (χ0) is 68.0. The molecule has 0 N–H and O–H groups in total. The number of rotatable bonds is 12. The largest absolute Gasteiger partial charge is 0.243 e. The lowest BCUT2D eigenvalue weighted by atomic mass is 9.93. The molecule has 2 heterocycles. The fourth-order valence-corrected chi connectivity index (χ4v) is 39.4. The van der Waals surface area contributed by atoms with Crippen LogP contribution in [0.25, 0.3) is 109 Å². The Bertz CT molecular complexity index is 4720. The fraction of sp³-hybridized carbons (Fsp3) is 0.419. The molecule has 0 aliphatic carbocycles. The van der Waals surface area contributed by atoms with Gasteiger partial charge in [-0.3, -0.25) is 0 Å². The van der Waals surface area contributed by atoms with E-state index < -0.39 is 32.3 Å². The van der Waals surface area contributed by atoms with Crippen molar-refractivity contribution < 1.29 is 0 Å². The molecule has 482 valence electrons. The second kappa shape index (κ2) is 25.8. The summed E-state index contributed by atoms with van der Waals surface area (Å²) in [4.78, 5) is 23.5. The molecule has 0 saturated heterocycles. The minimum Gasteiger partial charge on any atom is -0.243 e. The van der Waals surface area contributed by atoms with Gasteiger partial charge < -0.3 is 0 Å². The van der Waals surface area contributed by atoms with Crippen molar-refractivity contribution in [3.63, 3.8) is 0 Å². The van der Waals surface area contributed by atoms with Gasteiger partial charge >= 0.3 is 0 Å². The highest BCUT2D eigenvalue weighted by molar-refractivity contribution is 6.92. The predicted molar refractivity (Wildman–Crippen MR) is 424 cm³/mol. The molecular weight excluding hydrogens is 1200 g/mol. The molecule has 0 aliphatic heterocycles. The van der Waals surface area contributed by atoms with Crippen LogP contribution in [0.2, 0.25) is 66.5 Å². The number of benzene rings is 9. The van der Waals surface area contributed by atoms with Crippen LogP contribution in [0.4, 0.5) is 0 Å². The summed E-state index contributed by atoms with van der Waals surface area (Å²) in [5, 5.41) is 13.3. The normalized spacial score (nSPS) is 13.1. The highest BCUT2D eigenvalue weighted by Gasteiger charge is 2.45. The number of aromatic nitrogens is 4. The van der Waals surface area contributed by atoms with Gasteiger partial charge in [0.15, 0.2) is 0 Å². The van der Waals surface area contributed by atoms with E-state index in [-0.39, 0.29) is 0 Å². The molecule has 0 amide bonds. The van der Waals surface area contributed by atoms with Crippen LogP contribution in [-0.2, 0) is 0 Å². The topological polar surface area (TPSA) is 51.6 Å². The van der Waals surface area contributed by atoms with Crippen LogP contribution in [-0.4, -0.2) is 52.2 Å². The molecule has 11 aromatic rings. The third-order valence-electron chi connectivity index (χ3n) is 23.3. The van der Waals surface area contributed by atoms with Crippen LogP contribution >= 0.6 is 0 Å². The standard InChI is InChI=1S/C86H102N4Si4/c1-51(2)91(52(3)4,53(5)6)41-37-69-75-45-63-29-25-27-31-65(63)47-77(75)71(39-43-93(57(13)14,58(15)16)59(17)18)85-83(69)87-79-35-33-67-50-74-68(49-73(67)81(79)89-85)34-36-80-82(74)90-86-72(40-44-94(60(19)20,61(21)22)62(23)24)78-48-66-32-28-26-30-64(66)46-76(78)70(84(86)88-80)38-42-92(54(7)8,55(9)10)56(11)12/h25-36,45-62H,1-24H3. The molecule has 0 unspecified atom stereocenters. The van der Waals surface area contributed by atoms with Gasteiger partial charge in [0.05, 0.1) is 44.3 Å². The van der Waals surface area contributed by atoms with Crippen molar-refractivity contribution in [2.24, 2.45) is 0 Å². The average molecular weight is 1300 g/mol. The van der Waals surface area contributed by atoms with E-state index >= 15 is 0 Å². The van der Waals surface area contributed by atoms with Crippen molar-refractivity contribution in [1.29, 1.82) is 0 Å². The summed E-state index contributed by atoms with van der Waals surface area (Å²) >= 11 is 0. The van der Waals surface area contributed by atoms with Crippen LogP contribution in [0, 0.1) is 45.9 Å². The van der Waals surface area contributed by atoms with Gasteiger partial charge in [0.1, 0.15) is 54.4 Å². The predicted octanol–water partition coefficient (Wildman–Crippen LogP) is 25.1. The second-order valence-electron chi connectivity index (χ2n) is 31.6. The van der Waals surface area contributed by atoms with Crippen molar-refractivity contribution >= 4 is 141 Å². The van der Waals surface area contributed by atoms with E-state index in [2.05, 4.69) is 321 Å². The highest BCUT2D eigenvalue weighted by atomic mass is 28.3. The van der Waals surface area contributed by atoms with E-state index in [1.165, 1.54) is 21.5 Å². The number of hydrogen-bond acceptors (Lipinski definition) is 4. The second-order valence-corrected chi connectivity index (χ2v) is 53.9. The molecule has 0 saturated carbocycles. The average Bonchev–Trinajstić information content (AvgIpc) is 0.721. The van der Waals surface area contributed by atoms with E-state index in [0.29, 0.717) is 66.5 Å². The van der Waals surface area contributed by atoms with Gasteiger partial charge in [0.25, 0.3) is 0 Å². The molecule has 0 bridgehead atoms. The third kappa shape index (κ3) is 11.0. The Kier molecular flexibility index (Phi) is 18.7. The van der Waals surface area contributed by atoms with Gasteiger partial charge in [-0.15, -0.1) is 22.2 Å². The summed E-state index contributed by atoms with van der Waals surface area (Å²) in [6.45, 7) is 57.6. The molecule has 2 aromatic heterocycles. The quantitative estimate of drug-likeness (QED) is 0.0529. The number of nitrogens with zero attached hydrogens (tertiary/aromatic N) is 4. The first-order valence-electron chi connectivity index (χ1n) is 35.5. The molecular formula is C86H102N4Si4. The summed E-state index contributed by atoms with van der Waals surface area (Å²) in [6, 6.07) is 40.4. The van der Waals surface area contributed by atoms with Gasteiger partial charge in [0, 0.05) is 32.3 Å². The van der Waals surface area contributed by atoms with Crippen LogP contribution < -0.4 is 0 Å². The van der Waals surface area contributed by atoms with Crippen molar-refractivity contribution in [1.82, 2.24) is 19.9 Å². The van der Waals surface area contributed by atoms with Crippen LogP contribution in [0.3, 0.4) is 0 Å². The van der Waals surface area contributed by atoms with Crippen LogP contribution in [0.1, 0.15) is 188 Å². The van der Waals surface area contributed by atoms with Gasteiger partial charge in [-0.05, 0) is 147 Å². The number of fused-ring (bicyclic) bond motifs is 12. The molecule has 94 heavy (non-hydrogen) atoms. The highest BCUT2D eigenvalue weighted by Crippen LogP contribution is 2.47. The van der Waals surface area contributed by atoms with Gasteiger partial charge in [-0.25, -0.2) is 19.9 Å². The van der Waals surface area contributed by atoms with E-state index in [9.17, 15) is 0 Å². The maximum absolute atomic E-state index is 5.95. The third-order valence-corrected chi connectivity index (χ3v) is 48.5. The fourth-order valence-electron chi connectivity index (χ4n) is 18.6. The lowest BCUT2D eigenvalue weighted by molar-refractivity contribution is 0.838. The summed E-state index contributed by atoms with van der Waals surface area (Å²) in [6.07, 6.45) is 0. The van der Waals surface area contributed by atoms with Gasteiger partial charge in [-0.2, -0.15) is 0 Å². The molecule has 0 radical (unpaired) electrons. The lowest BCUT2D eigenvalue weighted by Gasteiger charge is -2.38. The van der Waals surface area contributed by atoms with E-state index in [1.807, 2.05) is 0 Å². The molecule has 11 rings (SSSR count). The molecule has 0 fully saturated rings. The van der Waals surface area contributed by atoms with Crippen LogP contribution in [0.15, 0.2) is 109 Å². The summed E-state index contributed by atoms with van der Waals surface area (Å²) in [5.41, 5.74) is 32.7. The minimum absolute atomic E-state index is 0.453. The Morgan fingerprint density at radius 1 is 0.223 bits per heavy atom. The van der Waals surface area contributed by atoms with Crippen molar-refractivity contribution in [2.75, 3.05) is 0 Å². The van der Waals surface area contributed by atoms with Gasteiger partial charge in [0.2, 0.25) is 0 Å². The molecule has 0 aliphatic rings. The van der Waals surface area contributed by atoms with E-state index in [4.69, 9.17) is 19.9 Å².